The largest absolute Gasteiger partial charge is 0.336 e. The molecule has 6 nitrogen and oxygen atoms in total. The maximum Gasteiger partial charge on any atom is 0.336 e. The average molecular weight is 273 g/mol. The van der Waals surface area contributed by atoms with Crippen LogP contribution in [0.2, 0.25) is 0 Å². The van der Waals surface area contributed by atoms with Crippen molar-refractivity contribution in [1.29, 1.82) is 0 Å². The fourth-order valence-electron chi connectivity index (χ4n) is 2.18. The number of hydrogen-bond acceptors (Lipinski definition) is 4. The van der Waals surface area contributed by atoms with E-state index in [0.29, 0.717) is 5.69 Å². The first-order valence-electron chi connectivity index (χ1n) is 6.13. The van der Waals surface area contributed by atoms with Crippen molar-refractivity contribution in [2.24, 2.45) is 10.9 Å². The highest BCUT2D eigenvalue weighted by Gasteiger charge is 2.45. The molecule has 6 heteroatoms. The van der Waals surface area contributed by atoms with Crippen molar-refractivity contribution >= 4 is 29.2 Å². The molecule has 0 N–H and O–H groups in total. The Hall–Kier alpha value is -2.50. The van der Waals surface area contributed by atoms with Gasteiger partial charge in [0.25, 0.3) is 0 Å². The van der Waals surface area contributed by atoms with Crippen LogP contribution in [0.15, 0.2) is 35.3 Å². The monoisotopic (exact) mass is 273 g/mol. The van der Waals surface area contributed by atoms with E-state index >= 15 is 0 Å². The second kappa shape index (κ2) is 5.24. The first-order chi connectivity index (χ1) is 9.49. The number of amides is 3. The summed E-state index contributed by atoms with van der Waals surface area (Å²) >= 11 is 0. The molecule has 1 saturated heterocycles. The van der Waals surface area contributed by atoms with Crippen molar-refractivity contribution in [2.75, 3.05) is 19.0 Å². The van der Waals surface area contributed by atoms with Gasteiger partial charge in [-0.2, -0.15) is 0 Å². The van der Waals surface area contributed by atoms with Crippen LogP contribution in [0, 0.1) is 5.92 Å². The molecule has 1 atom stereocenters. The van der Waals surface area contributed by atoms with Crippen LogP contribution in [0.4, 0.5) is 10.5 Å². The van der Waals surface area contributed by atoms with Crippen LogP contribution in [0.25, 0.3) is 0 Å². The maximum atomic E-state index is 12.3. The molecular formula is C14H15N3O3. The van der Waals surface area contributed by atoms with Gasteiger partial charge in [0, 0.05) is 14.1 Å². The van der Waals surface area contributed by atoms with E-state index in [1.807, 2.05) is 6.07 Å². The van der Waals surface area contributed by atoms with Gasteiger partial charge in [0.05, 0.1) is 5.69 Å². The number of imide groups is 1. The minimum atomic E-state index is -1.04. The van der Waals surface area contributed by atoms with Crippen LogP contribution in [-0.2, 0) is 9.59 Å². The summed E-state index contributed by atoms with van der Waals surface area (Å²) in [6, 6.07) is 8.30. The number of amidine groups is 1. The first kappa shape index (κ1) is 13.9. The Labute approximate surface area is 116 Å². The van der Waals surface area contributed by atoms with Gasteiger partial charge < -0.3 is 0 Å². The van der Waals surface area contributed by atoms with Gasteiger partial charge in [-0.15, -0.1) is 0 Å². The SMILES string of the molecule is CN=C1C(C(C)=O)C(=O)N(C)C(=O)N1c1ccccc1. The van der Waals surface area contributed by atoms with E-state index < -0.39 is 17.9 Å². The molecule has 1 heterocycles. The van der Waals surface area contributed by atoms with Crippen LogP contribution in [0.3, 0.4) is 0 Å². The molecular weight excluding hydrogens is 258 g/mol. The first-order valence-corrected chi connectivity index (χ1v) is 6.13. The van der Waals surface area contributed by atoms with Crippen molar-refractivity contribution in [2.45, 2.75) is 6.92 Å². The highest BCUT2D eigenvalue weighted by molar-refractivity contribution is 6.35. The number of carbonyl (C=O) groups is 3. The van der Waals surface area contributed by atoms with Crippen LogP contribution in [0.1, 0.15) is 6.92 Å². The number of rotatable bonds is 2. The molecule has 0 aromatic heterocycles. The number of para-hydroxylation sites is 1. The van der Waals surface area contributed by atoms with Gasteiger partial charge in [-0.1, -0.05) is 18.2 Å². The Bertz CT molecular complexity index is 595. The van der Waals surface area contributed by atoms with Crippen LogP contribution in [-0.4, -0.2) is 42.6 Å². The average Bonchev–Trinajstić information content (AvgIpc) is 2.44. The number of ketones is 1. The number of hydrogen-bond donors (Lipinski definition) is 0. The van der Waals surface area contributed by atoms with Gasteiger partial charge in [0.1, 0.15) is 11.6 Å². The molecule has 3 amide bonds. The minimum absolute atomic E-state index is 0.164. The molecule has 1 unspecified atom stereocenters. The quantitative estimate of drug-likeness (QED) is 0.763. The molecule has 1 aliphatic rings. The molecule has 1 aliphatic heterocycles. The van der Waals surface area contributed by atoms with Gasteiger partial charge in [0.15, 0.2) is 5.92 Å². The van der Waals surface area contributed by atoms with E-state index in [-0.39, 0.29) is 11.6 Å². The van der Waals surface area contributed by atoms with Crippen molar-refractivity contribution in [3.63, 3.8) is 0 Å². The third kappa shape index (κ3) is 2.09. The van der Waals surface area contributed by atoms with E-state index in [1.165, 1.54) is 25.9 Å². The van der Waals surface area contributed by atoms with E-state index in [4.69, 9.17) is 0 Å². The van der Waals surface area contributed by atoms with Crippen molar-refractivity contribution in [3.8, 4) is 0 Å². The summed E-state index contributed by atoms with van der Waals surface area (Å²) in [6.07, 6.45) is 0. The summed E-state index contributed by atoms with van der Waals surface area (Å²) in [5.74, 6) is -1.76. The smallest absolute Gasteiger partial charge is 0.299 e. The fraction of sp³-hybridized carbons (Fsp3) is 0.286. The molecule has 2 rings (SSSR count). The van der Waals surface area contributed by atoms with Crippen molar-refractivity contribution < 1.29 is 14.4 Å². The third-order valence-corrected chi connectivity index (χ3v) is 3.19. The molecule has 0 radical (unpaired) electrons. The summed E-state index contributed by atoms with van der Waals surface area (Å²) < 4.78 is 0. The van der Waals surface area contributed by atoms with Gasteiger partial charge in [-0.3, -0.25) is 19.5 Å². The Morgan fingerprint density at radius 2 is 1.80 bits per heavy atom. The van der Waals surface area contributed by atoms with Gasteiger partial charge in [-0.05, 0) is 19.1 Å². The number of aliphatic imine (C=N–C) groups is 1. The molecule has 104 valence electrons. The summed E-state index contributed by atoms with van der Waals surface area (Å²) in [5.41, 5.74) is 0.573. The predicted octanol–water partition coefficient (Wildman–Crippen LogP) is 1.32. The Kier molecular flexibility index (Phi) is 3.65. The lowest BCUT2D eigenvalue weighted by Gasteiger charge is -2.36. The summed E-state index contributed by atoms with van der Waals surface area (Å²) in [4.78, 5) is 42.4. The van der Waals surface area contributed by atoms with Gasteiger partial charge >= 0.3 is 6.03 Å². The Morgan fingerprint density at radius 3 is 2.30 bits per heavy atom. The zero-order valence-electron chi connectivity index (χ0n) is 11.5. The lowest BCUT2D eigenvalue weighted by molar-refractivity contribution is -0.135. The van der Waals surface area contributed by atoms with Crippen molar-refractivity contribution in [3.05, 3.63) is 30.3 Å². The predicted molar refractivity (Wildman–Crippen MR) is 74.6 cm³/mol. The van der Waals surface area contributed by atoms with Gasteiger partial charge in [0.2, 0.25) is 5.91 Å². The molecule has 1 fully saturated rings. The molecule has 0 saturated carbocycles. The summed E-state index contributed by atoms with van der Waals surface area (Å²) in [5, 5.41) is 0. The van der Waals surface area contributed by atoms with Crippen LogP contribution < -0.4 is 4.90 Å². The molecule has 0 aliphatic carbocycles. The Balaban J connectivity index is 2.57. The van der Waals surface area contributed by atoms with Gasteiger partial charge in [-0.25, -0.2) is 9.69 Å². The molecule has 1 aromatic rings. The number of urea groups is 1. The second-order valence-electron chi connectivity index (χ2n) is 4.48. The maximum absolute atomic E-state index is 12.3. The number of nitrogens with zero attached hydrogens (tertiary/aromatic N) is 3. The number of Topliss-reactive ketones (excluding diaryl/α,β-unsaturated/α-hetero) is 1. The highest BCUT2D eigenvalue weighted by Crippen LogP contribution is 2.25. The van der Waals surface area contributed by atoms with E-state index in [2.05, 4.69) is 4.99 Å². The van der Waals surface area contributed by atoms with Crippen molar-refractivity contribution in [1.82, 2.24) is 4.90 Å². The lowest BCUT2D eigenvalue weighted by Crippen LogP contribution is -2.60. The summed E-state index contributed by atoms with van der Waals surface area (Å²) in [7, 11) is 2.83. The number of benzene rings is 1. The normalized spacial score (nSPS) is 21.6. The minimum Gasteiger partial charge on any atom is -0.299 e. The zero-order valence-corrected chi connectivity index (χ0v) is 11.5. The fourth-order valence-corrected chi connectivity index (χ4v) is 2.18. The standard InChI is InChI=1S/C14H15N3O3/c1-9(18)11-12(15-2)17(10-7-5-4-6-8-10)14(20)16(3)13(11)19/h4-8,11H,1-3H3. The van der Waals surface area contributed by atoms with Crippen LogP contribution >= 0.6 is 0 Å². The molecule has 0 bridgehead atoms. The summed E-state index contributed by atoms with van der Waals surface area (Å²) in [6.45, 7) is 1.32. The Morgan fingerprint density at radius 1 is 1.20 bits per heavy atom. The van der Waals surface area contributed by atoms with E-state index in [1.54, 1.807) is 24.3 Å². The second-order valence-corrected chi connectivity index (χ2v) is 4.48. The van der Waals surface area contributed by atoms with E-state index in [9.17, 15) is 14.4 Å². The topological polar surface area (TPSA) is 70.0 Å². The number of carbonyl (C=O) groups excluding carboxylic acids is 3. The molecule has 1 aromatic carbocycles. The molecule has 20 heavy (non-hydrogen) atoms. The lowest BCUT2D eigenvalue weighted by atomic mass is 9.98. The van der Waals surface area contributed by atoms with E-state index in [0.717, 1.165) is 4.90 Å². The third-order valence-electron chi connectivity index (χ3n) is 3.19. The number of anilines is 1. The highest BCUT2D eigenvalue weighted by atomic mass is 16.2. The zero-order chi connectivity index (χ0) is 14.9. The van der Waals surface area contributed by atoms with Crippen LogP contribution in [0.5, 0.6) is 0 Å². The molecule has 0 spiro atoms.